The molecule has 6 heteroatoms. The van der Waals surface area contributed by atoms with E-state index in [1.165, 1.54) is 0 Å². The summed E-state index contributed by atoms with van der Waals surface area (Å²) in [5.74, 6) is -0.179. The van der Waals surface area contributed by atoms with Crippen molar-refractivity contribution in [1.82, 2.24) is 10.2 Å². The Hall–Kier alpha value is -1.14. The molecule has 3 N–H and O–H groups in total. The first-order valence-corrected chi connectivity index (χ1v) is 6.07. The molecule has 2 fully saturated rings. The highest BCUT2D eigenvalue weighted by molar-refractivity contribution is 5.90. The average Bonchev–Trinajstić information content (AvgIpc) is 2.80. The fourth-order valence-corrected chi connectivity index (χ4v) is 2.33. The van der Waals surface area contributed by atoms with Gasteiger partial charge >= 0.3 is 0 Å². The zero-order chi connectivity index (χ0) is 12.4. The minimum Gasteiger partial charge on any atom is -0.364 e. The van der Waals surface area contributed by atoms with Crippen LogP contribution in [0.1, 0.15) is 19.8 Å². The lowest BCUT2D eigenvalue weighted by Crippen LogP contribution is -2.58. The van der Waals surface area contributed by atoms with E-state index in [0.29, 0.717) is 26.1 Å². The first-order valence-electron chi connectivity index (χ1n) is 6.07. The van der Waals surface area contributed by atoms with Crippen molar-refractivity contribution in [3.63, 3.8) is 0 Å². The third-order valence-corrected chi connectivity index (χ3v) is 3.43. The highest BCUT2D eigenvalue weighted by atomic mass is 16.5. The molecule has 0 aromatic heterocycles. The summed E-state index contributed by atoms with van der Waals surface area (Å²) in [5.41, 5.74) is 5.51. The zero-order valence-electron chi connectivity index (χ0n) is 10.0. The Morgan fingerprint density at radius 3 is 3.00 bits per heavy atom. The molecule has 0 aromatic carbocycles. The van der Waals surface area contributed by atoms with Crippen molar-refractivity contribution in [1.29, 1.82) is 0 Å². The van der Waals surface area contributed by atoms with Crippen LogP contribution in [0.3, 0.4) is 0 Å². The lowest BCUT2D eigenvalue weighted by Gasteiger charge is -2.34. The van der Waals surface area contributed by atoms with Gasteiger partial charge in [0.25, 0.3) is 5.91 Å². The predicted molar refractivity (Wildman–Crippen MR) is 61.1 cm³/mol. The van der Waals surface area contributed by atoms with E-state index in [1.807, 2.05) is 0 Å². The fraction of sp³-hybridized carbons (Fsp3) is 0.818. The van der Waals surface area contributed by atoms with Crippen molar-refractivity contribution < 1.29 is 14.3 Å². The van der Waals surface area contributed by atoms with Crippen LogP contribution in [0.25, 0.3) is 0 Å². The Bertz CT molecular complexity index is 321. The number of nitrogens with one attached hydrogen (secondary N) is 1. The first kappa shape index (κ1) is 12.3. The Morgan fingerprint density at radius 2 is 2.35 bits per heavy atom. The maximum Gasteiger partial charge on any atom is 0.252 e. The molecular weight excluding hydrogens is 222 g/mol. The summed E-state index contributed by atoms with van der Waals surface area (Å²) in [6, 6.07) is -0.406. The van der Waals surface area contributed by atoms with Crippen LogP contribution in [0.4, 0.5) is 0 Å². The van der Waals surface area contributed by atoms with E-state index in [1.54, 1.807) is 11.8 Å². The molecule has 0 aromatic rings. The van der Waals surface area contributed by atoms with Crippen LogP contribution in [0.5, 0.6) is 0 Å². The van der Waals surface area contributed by atoms with Gasteiger partial charge in [0.05, 0.1) is 6.10 Å². The van der Waals surface area contributed by atoms with Crippen LogP contribution in [0, 0.1) is 0 Å². The maximum absolute atomic E-state index is 12.2. The van der Waals surface area contributed by atoms with Crippen LogP contribution < -0.4 is 11.1 Å². The second-order valence-corrected chi connectivity index (χ2v) is 4.56. The summed E-state index contributed by atoms with van der Waals surface area (Å²) in [6.45, 7) is 3.25. The molecule has 0 spiro atoms. The third-order valence-electron chi connectivity index (χ3n) is 3.43. The highest BCUT2D eigenvalue weighted by Gasteiger charge is 2.37. The smallest absolute Gasteiger partial charge is 0.252 e. The van der Waals surface area contributed by atoms with E-state index in [2.05, 4.69) is 5.32 Å². The van der Waals surface area contributed by atoms with Gasteiger partial charge < -0.3 is 20.7 Å². The van der Waals surface area contributed by atoms with Gasteiger partial charge in [-0.3, -0.25) is 9.59 Å². The van der Waals surface area contributed by atoms with E-state index in [0.717, 1.165) is 6.42 Å². The number of rotatable bonds is 2. The Kier molecular flexibility index (Phi) is 3.63. The molecule has 96 valence electrons. The van der Waals surface area contributed by atoms with Crippen LogP contribution in [-0.4, -0.2) is 54.6 Å². The molecule has 0 bridgehead atoms. The normalized spacial score (nSPS) is 33.6. The van der Waals surface area contributed by atoms with Crippen LogP contribution in [0.2, 0.25) is 0 Å². The molecule has 6 nitrogen and oxygen atoms in total. The molecule has 0 radical (unpaired) electrons. The molecule has 2 heterocycles. The van der Waals surface area contributed by atoms with Gasteiger partial charge in [-0.25, -0.2) is 0 Å². The average molecular weight is 241 g/mol. The molecule has 0 saturated carbocycles. The summed E-state index contributed by atoms with van der Waals surface area (Å²) in [6.07, 6.45) is 1.09. The molecular formula is C11H19N3O3. The van der Waals surface area contributed by atoms with Gasteiger partial charge in [0.1, 0.15) is 12.1 Å². The SMILES string of the molecule is CC1C(=O)NCCN1C(=O)C1CCC(CN)O1. The predicted octanol–water partition coefficient (Wildman–Crippen LogP) is -1.16. The Balaban J connectivity index is 1.97. The van der Waals surface area contributed by atoms with Crippen molar-refractivity contribution in [3.05, 3.63) is 0 Å². The third kappa shape index (κ3) is 2.42. The van der Waals surface area contributed by atoms with Crippen LogP contribution >= 0.6 is 0 Å². The summed E-state index contributed by atoms with van der Waals surface area (Å²) in [5, 5.41) is 2.73. The monoisotopic (exact) mass is 241 g/mol. The number of hydrogen-bond acceptors (Lipinski definition) is 4. The van der Waals surface area contributed by atoms with E-state index >= 15 is 0 Å². The standard InChI is InChI=1S/C11H19N3O3/c1-7-10(15)13-4-5-14(7)11(16)9-3-2-8(6-12)17-9/h7-9H,2-6,12H2,1H3,(H,13,15). The molecule has 17 heavy (non-hydrogen) atoms. The number of nitrogens with zero attached hydrogens (tertiary/aromatic N) is 1. The van der Waals surface area contributed by atoms with Gasteiger partial charge in [-0.15, -0.1) is 0 Å². The number of ether oxygens (including phenoxy) is 1. The van der Waals surface area contributed by atoms with Gasteiger partial charge in [-0.1, -0.05) is 0 Å². The molecule has 2 aliphatic rings. The van der Waals surface area contributed by atoms with Crippen LogP contribution in [-0.2, 0) is 14.3 Å². The lowest BCUT2D eigenvalue weighted by molar-refractivity contribution is -0.150. The van der Waals surface area contributed by atoms with Gasteiger partial charge in [-0.2, -0.15) is 0 Å². The first-order chi connectivity index (χ1) is 8.13. The summed E-state index contributed by atoms with van der Waals surface area (Å²) in [7, 11) is 0. The molecule has 0 aliphatic carbocycles. The van der Waals surface area contributed by atoms with Crippen molar-refractivity contribution in [2.45, 2.75) is 38.0 Å². The molecule has 3 unspecified atom stereocenters. The quantitative estimate of drug-likeness (QED) is 0.638. The number of amides is 2. The maximum atomic E-state index is 12.2. The zero-order valence-corrected chi connectivity index (χ0v) is 10.0. The minimum atomic E-state index is -0.420. The number of carbonyl (C=O) groups is 2. The van der Waals surface area contributed by atoms with Gasteiger partial charge in [0, 0.05) is 19.6 Å². The van der Waals surface area contributed by atoms with Gasteiger partial charge in [0.15, 0.2) is 0 Å². The van der Waals surface area contributed by atoms with E-state index in [9.17, 15) is 9.59 Å². The Morgan fingerprint density at radius 1 is 1.59 bits per heavy atom. The number of piperazine rings is 1. The van der Waals surface area contributed by atoms with Gasteiger partial charge in [-0.05, 0) is 19.8 Å². The van der Waals surface area contributed by atoms with E-state index < -0.39 is 12.1 Å². The fourth-order valence-electron chi connectivity index (χ4n) is 2.33. The van der Waals surface area contributed by atoms with Crippen molar-refractivity contribution in [3.8, 4) is 0 Å². The van der Waals surface area contributed by atoms with Crippen LogP contribution in [0.15, 0.2) is 0 Å². The molecule has 2 aliphatic heterocycles. The Labute approximate surface area is 100 Å². The lowest BCUT2D eigenvalue weighted by atomic mass is 10.1. The highest BCUT2D eigenvalue weighted by Crippen LogP contribution is 2.22. The summed E-state index contributed by atoms with van der Waals surface area (Å²) in [4.78, 5) is 25.3. The van der Waals surface area contributed by atoms with E-state index in [-0.39, 0.29) is 17.9 Å². The molecule has 2 rings (SSSR count). The second kappa shape index (κ2) is 5.01. The molecule has 2 saturated heterocycles. The second-order valence-electron chi connectivity index (χ2n) is 4.56. The summed E-state index contributed by atoms with van der Waals surface area (Å²) < 4.78 is 5.56. The largest absolute Gasteiger partial charge is 0.364 e. The van der Waals surface area contributed by atoms with Crippen molar-refractivity contribution in [2.75, 3.05) is 19.6 Å². The van der Waals surface area contributed by atoms with Gasteiger partial charge in [0.2, 0.25) is 5.91 Å². The number of carbonyl (C=O) groups excluding carboxylic acids is 2. The molecule has 2 amide bonds. The molecule has 3 atom stereocenters. The van der Waals surface area contributed by atoms with E-state index in [4.69, 9.17) is 10.5 Å². The minimum absolute atomic E-state index is 0.0159. The number of nitrogens with two attached hydrogens (primary N) is 1. The van der Waals surface area contributed by atoms with Crippen molar-refractivity contribution >= 4 is 11.8 Å². The summed E-state index contributed by atoms with van der Waals surface area (Å²) >= 11 is 0. The van der Waals surface area contributed by atoms with Crippen molar-refractivity contribution in [2.24, 2.45) is 5.73 Å². The number of hydrogen-bond donors (Lipinski definition) is 2. The topological polar surface area (TPSA) is 84.7 Å².